The molecule has 1 aliphatic heterocycles. The molecule has 0 saturated carbocycles. The van der Waals surface area contributed by atoms with E-state index in [2.05, 4.69) is 19.1 Å². The average molecular weight is 233 g/mol. The summed E-state index contributed by atoms with van der Waals surface area (Å²) in [5, 5.41) is 0. The molecule has 0 spiro atoms. The first-order valence-corrected chi connectivity index (χ1v) is 6.09. The van der Waals surface area contributed by atoms with Crippen LogP contribution >= 0.6 is 0 Å². The lowest BCUT2D eigenvalue weighted by atomic mass is 10.0. The van der Waals surface area contributed by atoms with E-state index in [-0.39, 0.29) is 5.91 Å². The Morgan fingerprint density at radius 3 is 2.53 bits per heavy atom. The standard InChI is InChI=1S/C14H19NO2/c1-4-11-5-7-12(8-6-11)15-9-10-17-14(2,3)13(15)16/h5-8H,4,9-10H2,1-3H3. The van der Waals surface area contributed by atoms with Crippen LogP contribution in [0.2, 0.25) is 0 Å². The van der Waals surface area contributed by atoms with Crippen LogP contribution in [0.5, 0.6) is 0 Å². The second kappa shape index (κ2) is 4.49. The molecule has 2 rings (SSSR count). The van der Waals surface area contributed by atoms with E-state index in [4.69, 9.17) is 4.74 Å². The summed E-state index contributed by atoms with van der Waals surface area (Å²) in [4.78, 5) is 14.0. The second-order valence-electron chi connectivity index (χ2n) is 4.84. The molecule has 0 N–H and O–H groups in total. The van der Waals surface area contributed by atoms with Crippen LogP contribution in [-0.4, -0.2) is 24.7 Å². The van der Waals surface area contributed by atoms with E-state index in [1.54, 1.807) is 0 Å². The molecule has 3 heteroatoms. The monoisotopic (exact) mass is 233 g/mol. The van der Waals surface area contributed by atoms with Crippen molar-refractivity contribution in [2.45, 2.75) is 32.8 Å². The molecule has 0 radical (unpaired) electrons. The Bertz CT molecular complexity index is 409. The van der Waals surface area contributed by atoms with E-state index in [1.807, 2.05) is 30.9 Å². The van der Waals surface area contributed by atoms with Crippen molar-refractivity contribution in [3.05, 3.63) is 29.8 Å². The third kappa shape index (κ3) is 2.34. The fourth-order valence-corrected chi connectivity index (χ4v) is 2.04. The van der Waals surface area contributed by atoms with Gasteiger partial charge in [-0.3, -0.25) is 4.79 Å². The summed E-state index contributed by atoms with van der Waals surface area (Å²) in [6.45, 7) is 6.99. The lowest BCUT2D eigenvalue weighted by Crippen LogP contribution is -2.53. The zero-order chi connectivity index (χ0) is 12.5. The molecule has 0 bridgehead atoms. The van der Waals surface area contributed by atoms with Crippen molar-refractivity contribution in [2.75, 3.05) is 18.1 Å². The number of carbonyl (C=O) groups is 1. The molecule has 1 fully saturated rings. The van der Waals surface area contributed by atoms with E-state index in [1.165, 1.54) is 5.56 Å². The number of carbonyl (C=O) groups excluding carboxylic acids is 1. The molecule has 1 amide bonds. The predicted octanol–water partition coefficient (Wildman–Crippen LogP) is 2.39. The Balaban J connectivity index is 2.23. The predicted molar refractivity (Wildman–Crippen MR) is 68.2 cm³/mol. The molecule has 1 aliphatic rings. The Hall–Kier alpha value is -1.35. The lowest BCUT2D eigenvalue weighted by Gasteiger charge is -2.37. The van der Waals surface area contributed by atoms with Crippen LogP contribution in [-0.2, 0) is 16.0 Å². The second-order valence-corrected chi connectivity index (χ2v) is 4.84. The Morgan fingerprint density at radius 1 is 1.29 bits per heavy atom. The van der Waals surface area contributed by atoms with Crippen molar-refractivity contribution >= 4 is 11.6 Å². The minimum Gasteiger partial charge on any atom is -0.364 e. The van der Waals surface area contributed by atoms with Crippen LogP contribution in [0.3, 0.4) is 0 Å². The highest BCUT2D eigenvalue weighted by Crippen LogP contribution is 2.24. The van der Waals surface area contributed by atoms with Crippen LogP contribution in [0, 0.1) is 0 Å². The highest BCUT2D eigenvalue weighted by Gasteiger charge is 2.37. The zero-order valence-corrected chi connectivity index (χ0v) is 10.7. The number of hydrogen-bond acceptors (Lipinski definition) is 2. The summed E-state index contributed by atoms with van der Waals surface area (Å²) in [6, 6.07) is 8.17. The molecule has 0 aromatic heterocycles. The molecule has 17 heavy (non-hydrogen) atoms. The normalized spacial score (nSPS) is 19.5. The molecule has 0 unspecified atom stereocenters. The average Bonchev–Trinajstić information content (AvgIpc) is 2.33. The molecular weight excluding hydrogens is 214 g/mol. The first-order valence-electron chi connectivity index (χ1n) is 6.09. The van der Waals surface area contributed by atoms with Crippen LogP contribution in [0.4, 0.5) is 5.69 Å². The fourth-order valence-electron chi connectivity index (χ4n) is 2.04. The van der Waals surface area contributed by atoms with Gasteiger partial charge >= 0.3 is 0 Å². The van der Waals surface area contributed by atoms with Crippen molar-refractivity contribution in [3.8, 4) is 0 Å². The van der Waals surface area contributed by atoms with Crippen molar-refractivity contribution < 1.29 is 9.53 Å². The largest absolute Gasteiger partial charge is 0.364 e. The highest BCUT2D eigenvalue weighted by atomic mass is 16.5. The number of amides is 1. The van der Waals surface area contributed by atoms with Gasteiger partial charge in [0.15, 0.2) is 0 Å². The fraction of sp³-hybridized carbons (Fsp3) is 0.500. The number of aryl methyl sites for hydroxylation is 1. The van der Waals surface area contributed by atoms with Gasteiger partial charge in [-0.2, -0.15) is 0 Å². The van der Waals surface area contributed by atoms with E-state index in [9.17, 15) is 4.79 Å². The van der Waals surface area contributed by atoms with Crippen molar-refractivity contribution in [3.63, 3.8) is 0 Å². The van der Waals surface area contributed by atoms with Crippen LogP contribution in [0.1, 0.15) is 26.3 Å². The molecule has 1 heterocycles. The number of ether oxygens (including phenoxy) is 1. The maximum Gasteiger partial charge on any atom is 0.258 e. The van der Waals surface area contributed by atoms with Crippen molar-refractivity contribution in [2.24, 2.45) is 0 Å². The zero-order valence-electron chi connectivity index (χ0n) is 10.7. The number of nitrogens with zero attached hydrogens (tertiary/aromatic N) is 1. The molecule has 3 nitrogen and oxygen atoms in total. The molecule has 92 valence electrons. The van der Waals surface area contributed by atoms with Crippen LogP contribution in [0.15, 0.2) is 24.3 Å². The van der Waals surface area contributed by atoms with Gasteiger partial charge in [-0.05, 0) is 38.0 Å². The number of benzene rings is 1. The van der Waals surface area contributed by atoms with Crippen LogP contribution < -0.4 is 4.90 Å². The Morgan fingerprint density at radius 2 is 1.94 bits per heavy atom. The molecule has 1 aromatic rings. The number of morpholine rings is 1. The lowest BCUT2D eigenvalue weighted by molar-refractivity contribution is -0.144. The van der Waals surface area contributed by atoms with E-state index in [0.717, 1.165) is 12.1 Å². The molecule has 1 aromatic carbocycles. The van der Waals surface area contributed by atoms with Gasteiger partial charge in [0.1, 0.15) is 5.60 Å². The minimum absolute atomic E-state index is 0.0352. The smallest absolute Gasteiger partial charge is 0.258 e. The topological polar surface area (TPSA) is 29.5 Å². The molecule has 0 atom stereocenters. The van der Waals surface area contributed by atoms with Gasteiger partial charge in [0.05, 0.1) is 6.61 Å². The summed E-state index contributed by atoms with van der Waals surface area (Å²) in [6.07, 6.45) is 1.02. The molecule has 0 aliphatic carbocycles. The molecular formula is C14H19NO2. The highest BCUT2D eigenvalue weighted by molar-refractivity contribution is 5.99. The third-order valence-electron chi connectivity index (χ3n) is 3.19. The van der Waals surface area contributed by atoms with Crippen LogP contribution in [0.25, 0.3) is 0 Å². The summed E-state index contributed by atoms with van der Waals surface area (Å²) in [7, 11) is 0. The molecule has 1 saturated heterocycles. The number of rotatable bonds is 2. The van der Waals surface area contributed by atoms with Gasteiger partial charge in [0.25, 0.3) is 5.91 Å². The van der Waals surface area contributed by atoms with E-state index < -0.39 is 5.60 Å². The minimum atomic E-state index is -0.707. The van der Waals surface area contributed by atoms with Crippen molar-refractivity contribution in [1.29, 1.82) is 0 Å². The Labute approximate surface area is 102 Å². The maximum absolute atomic E-state index is 12.2. The van der Waals surface area contributed by atoms with E-state index >= 15 is 0 Å². The van der Waals surface area contributed by atoms with Gasteiger partial charge < -0.3 is 9.64 Å². The summed E-state index contributed by atoms with van der Waals surface area (Å²) in [5.41, 5.74) is 1.54. The van der Waals surface area contributed by atoms with Crippen molar-refractivity contribution in [1.82, 2.24) is 0 Å². The first kappa shape index (κ1) is 12.1. The van der Waals surface area contributed by atoms with Gasteiger partial charge in [-0.15, -0.1) is 0 Å². The van der Waals surface area contributed by atoms with Gasteiger partial charge in [0.2, 0.25) is 0 Å². The SMILES string of the molecule is CCc1ccc(N2CCOC(C)(C)C2=O)cc1. The van der Waals surface area contributed by atoms with E-state index in [0.29, 0.717) is 13.2 Å². The number of hydrogen-bond donors (Lipinski definition) is 0. The maximum atomic E-state index is 12.2. The van der Waals surface area contributed by atoms with Gasteiger partial charge in [-0.1, -0.05) is 19.1 Å². The Kier molecular flexibility index (Phi) is 3.20. The summed E-state index contributed by atoms with van der Waals surface area (Å²) >= 11 is 0. The van der Waals surface area contributed by atoms with Gasteiger partial charge in [0, 0.05) is 12.2 Å². The number of anilines is 1. The first-order chi connectivity index (χ1) is 8.04. The van der Waals surface area contributed by atoms with Gasteiger partial charge in [-0.25, -0.2) is 0 Å². The summed E-state index contributed by atoms with van der Waals surface area (Å²) < 4.78 is 5.48. The third-order valence-corrected chi connectivity index (χ3v) is 3.19. The summed E-state index contributed by atoms with van der Waals surface area (Å²) in [5.74, 6) is 0.0352. The quantitative estimate of drug-likeness (QED) is 0.785.